The zero-order chi connectivity index (χ0) is 43.9. The number of Topliss-reactive ketones (excluding diaryl/α,β-unsaturated/α-hetero) is 1. The maximum Gasteiger partial charge on any atom is 0.338 e. The lowest BCUT2D eigenvalue weighted by molar-refractivity contribution is -0.340. The Morgan fingerprint density at radius 2 is 1.48 bits per heavy atom. The molecule has 0 unspecified atom stereocenters. The minimum absolute atomic E-state index is 0.00888. The minimum atomic E-state index is -2.28. The van der Waals surface area contributed by atoms with Crippen LogP contribution in [0.5, 0.6) is 0 Å². The van der Waals surface area contributed by atoms with Crippen LogP contribution in [0.2, 0.25) is 0 Å². The molecule has 322 valence electrons. The number of nitrogens with one attached hydrogen (secondary N) is 1. The summed E-state index contributed by atoms with van der Waals surface area (Å²) in [5.41, 5.74) is -4.78. The highest BCUT2D eigenvalue weighted by Crippen LogP contribution is 2.61. The molecule has 61 heavy (non-hydrogen) atoms. The van der Waals surface area contributed by atoms with Crippen LogP contribution in [-0.4, -0.2) is 111 Å². The van der Waals surface area contributed by atoms with Crippen molar-refractivity contribution in [3.8, 4) is 0 Å². The molecule has 11 atom stereocenters. The van der Waals surface area contributed by atoms with E-state index in [0.29, 0.717) is 5.56 Å². The number of esters is 4. The van der Waals surface area contributed by atoms with Gasteiger partial charge in [-0.1, -0.05) is 66.7 Å². The fourth-order valence-corrected chi connectivity index (χ4v) is 9.57. The van der Waals surface area contributed by atoms with Gasteiger partial charge in [-0.2, -0.15) is 0 Å². The number of amides is 1. The first kappa shape index (κ1) is 43.4. The second-order valence-corrected chi connectivity index (χ2v) is 16.6. The number of ketones is 1. The van der Waals surface area contributed by atoms with Gasteiger partial charge in [-0.3, -0.25) is 19.2 Å². The Morgan fingerprint density at radius 1 is 0.869 bits per heavy atom. The molecule has 1 aliphatic heterocycles. The maximum absolute atomic E-state index is 15.2. The highest BCUT2D eigenvalue weighted by Gasteiger charge is 2.76. The van der Waals surface area contributed by atoms with E-state index < -0.39 is 114 Å². The van der Waals surface area contributed by atoms with Crippen molar-refractivity contribution in [1.29, 1.82) is 0 Å². The van der Waals surface area contributed by atoms with Gasteiger partial charge in [-0.15, -0.1) is 0 Å². The number of aliphatic hydroxyl groups excluding tert-OH is 2. The first-order chi connectivity index (χ1) is 29.0. The summed E-state index contributed by atoms with van der Waals surface area (Å²) >= 11 is 0. The molecule has 3 aromatic carbocycles. The third kappa shape index (κ3) is 8.10. The molecule has 0 radical (unpaired) electrons. The van der Waals surface area contributed by atoms with Crippen LogP contribution in [-0.2, 0) is 49.3 Å². The van der Waals surface area contributed by atoms with E-state index in [1.165, 1.54) is 26.0 Å². The average molecular weight is 840 g/mol. The van der Waals surface area contributed by atoms with Crippen LogP contribution in [0.25, 0.3) is 0 Å². The summed E-state index contributed by atoms with van der Waals surface area (Å²) in [6.45, 7) is 4.85. The Labute approximate surface area is 352 Å². The van der Waals surface area contributed by atoms with Crippen LogP contribution in [0.15, 0.2) is 102 Å². The van der Waals surface area contributed by atoms with Gasteiger partial charge >= 0.3 is 23.9 Å². The lowest BCUT2D eigenvalue weighted by atomic mass is 9.48. The van der Waals surface area contributed by atoms with Gasteiger partial charge in [0.15, 0.2) is 23.6 Å². The molecule has 1 saturated heterocycles. The van der Waals surface area contributed by atoms with Gasteiger partial charge in [0.05, 0.1) is 35.6 Å². The van der Waals surface area contributed by atoms with E-state index >= 15 is 4.79 Å². The summed E-state index contributed by atoms with van der Waals surface area (Å²) in [6.07, 6.45) is -10.6. The summed E-state index contributed by atoms with van der Waals surface area (Å²) in [5.74, 6) is -6.70. The number of rotatable bonds is 11. The molecule has 2 bridgehead atoms. The van der Waals surface area contributed by atoms with Crippen LogP contribution in [0.1, 0.15) is 73.2 Å². The van der Waals surface area contributed by atoms with Crippen molar-refractivity contribution in [2.45, 2.75) is 107 Å². The molecular formula is C46H49NO14. The van der Waals surface area contributed by atoms with E-state index in [1.807, 2.05) is 0 Å². The highest BCUT2D eigenvalue weighted by atomic mass is 16.6. The lowest BCUT2D eigenvalue weighted by Gasteiger charge is -2.65. The predicted molar refractivity (Wildman–Crippen MR) is 213 cm³/mol. The Hall–Kier alpha value is -5.74. The number of carbonyl (C=O) groups is 6. The summed E-state index contributed by atoms with van der Waals surface area (Å²) in [6, 6.07) is 23.7. The van der Waals surface area contributed by atoms with Crippen LogP contribution in [0, 0.1) is 11.3 Å². The fourth-order valence-electron chi connectivity index (χ4n) is 9.57. The van der Waals surface area contributed by atoms with E-state index in [9.17, 15) is 39.3 Å². The lowest BCUT2D eigenvalue weighted by Crippen LogP contribution is -2.80. The van der Waals surface area contributed by atoms with Crippen molar-refractivity contribution in [3.63, 3.8) is 0 Å². The smallest absolute Gasteiger partial charge is 0.338 e. The zero-order valence-electron chi connectivity index (χ0n) is 34.1. The van der Waals surface area contributed by atoms with Crippen molar-refractivity contribution in [2.24, 2.45) is 11.3 Å². The Balaban J connectivity index is 1.32. The third-order valence-corrected chi connectivity index (χ3v) is 12.7. The van der Waals surface area contributed by atoms with Crippen molar-refractivity contribution in [1.82, 2.24) is 5.32 Å². The number of carbonyl (C=O) groups excluding carboxylic acids is 6. The highest BCUT2D eigenvalue weighted by molar-refractivity contribution is 5.96. The zero-order valence-corrected chi connectivity index (χ0v) is 34.1. The molecule has 7 rings (SSSR count). The number of aliphatic hydroxyl groups is 3. The van der Waals surface area contributed by atoms with Gasteiger partial charge in [0.1, 0.15) is 23.9 Å². The molecule has 4 N–H and O–H groups in total. The Kier molecular flexibility index (Phi) is 12.1. The monoisotopic (exact) mass is 839 g/mol. The van der Waals surface area contributed by atoms with Crippen molar-refractivity contribution in [2.75, 3.05) is 6.61 Å². The molecule has 0 aromatic heterocycles. The summed E-state index contributed by atoms with van der Waals surface area (Å²) in [7, 11) is 0. The molecular weight excluding hydrogens is 790 g/mol. The van der Waals surface area contributed by atoms with Gasteiger partial charge in [-0.25, -0.2) is 9.59 Å². The first-order valence-corrected chi connectivity index (χ1v) is 20.2. The molecule has 1 heterocycles. The third-order valence-electron chi connectivity index (χ3n) is 12.7. The van der Waals surface area contributed by atoms with Crippen LogP contribution in [0.4, 0.5) is 0 Å². The van der Waals surface area contributed by atoms with Gasteiger partial charge in [0.25, 0.3) is 5.91 Å². The molecule has 15 heteroatoms. The van der Waals surface area contributed by atoms with Crippen LogP contribution < -0.4 is 5.32 Å². The van der Waals surface area contributed by atoms with Crippen molar-refractivity contribution in [3.05, 3.63) is 119 Å². The quantitative estimate of drug-likeness (QED) is 0.124. The van der Waals surface area contributed by atoms with Crippen molar-refractivity contribution < 1.29 is 67.8 Å². The molecule has 0 spiro atoms. The number of ether oxygens (including phenoxy) is 5. The number of hydrogen-bond acceptors (Lipinski definition) is 14. The number of hydrogen-bond donors (Lipinski definition) is 4. The molecule has 15 nitrogen and oxygen atoms in total. The molecule has 3 fully saturated rings. The minimum Gasteiger partial charge on any atom is -0.456 e. The predicted octanol–water partition coefficient (Wildman–Crippen LogP) is 2.97. The van der Waals surface area contributed by atoms with Gasteiger partial charge in [0.2, 0.25) is 0 Å². The van der Waals surface area contributed by atoms with E-state index in [-0.39, 0.29) is 41.7 Å². The molecule has 2 saturated carbocycles. The summed E-state index contributed by atoms with van der Waals surface area (Å²) in [5, 5.41) is 39.5. The number of benzene rings is 3. The van der Waals surface area contributed by atoms with Crippen LogP contribution in [0.3, 0.4) is 0 Å². The largest absolute Gasteiger partial charge is 0.456 e. The molecule has 4 aliphatic rings. The average Bonchev–Trinajstić information content (AvgIpc) is 3.23. The summed E-state index contributed by atoms with van der Waals surface area (Å²) in [4.78, 5) is 82.5. The van der Waals surface area contributed by atoms with E-state index in [1.54, 1.807) is 78.9 Å². The maximum atomic E-state index is 15.2. The second-order valence-electron chi connectivity index (χ2n) is 16.6. The topological polar surface area (TPSA) is 221 Å². The van der Waals surface area contributed by atoms with E-state index in [0.717, 1.165) is 13.8 Å². The Bertz CT molecular complexity index is 2210. The molecule has 3 aromatic rings. The van der Waals surface area contributed by atoms with Gasteiger partial charge in [0, 0.05) is 38.7 Å². The number of fused-ring (bicyclic) bond motifs is 5. The van der Waals surface area contributed by atoms with Gasteiger partial charge in [-0.05, 0) is 61.2 Å². The summed E-state index contributed by atoms with van der Waals surface area (Å²) < 4.78 is 29.8. The van der Waals surface area contributed by atoms with Crippen molar-refractivity contribution >= 4 is 35.6 Å². The first-order valence-electron chi connectivity index (χ1n) is 20.2. The molecule has 3 aliphatic carbocycles. The SMILES string of the molecule is CC(=O)O[C@H]1C(=O)[C@@]2(C)[C@H]([C@H](OC(=O)c3ccccc3)[C@@]3(O)CC1=C(C)[C@@H](OC(=O)[C@H](O)[C@H](Cc1ccccc1)NC(=O)c1ccccc1)C3)[C@]1(OC(C)=O)CO[C@@H]1C[C@@H]2O. The van der Waals surface area contributed by atoms with Gasteiger partial charge < -0.3 is 44.3 Å². The van der Waals surface area contributed by atoms with E-state index in [2.05, 4.69) is 5.32 Å². The fraction of sp³-hybridized carbons (Fsp3) is 0.435. The van der Waals surface area contributed by atoms with Crippen LogP contribution >= 0.6 is 0 Å². The molecule has 1 amide bonds. The normalized spacial score (nSPS) is 31.3. The van der Waals surface area contributed by atoms with E-state index in [4.69, 9.17) is 23.7 Å². The second kappa shape index (κ2) is 17.0. The standard InChI is InChI=1S/C46H49NO14/c1-25-31-22-45(56,23-33(25)59-43(55)36(51)32(20-28-14-8-5-9-15-28)47-41(53)29-16-10-6-11-17-29)40(60-42(54)30-18-12-7-13-19-30)38-44(4,39(52)37(31)58-26(2)48)34(50)21-35-46(38,24-57-35)61-27(3)49/h5-19,32-38,40,50-51,56H,20-24H2,1-4H3,(H,47,53)/t32-,33-,34-,35+,36+,37+,38-,40-,44+,45+,46-/m0/s1. The Morgan fingerprint density at radius 3 is 2.05 bits per heavy atom.